The lowest BCUT2D eigenvalue weighted by molar-refractivity contribution is 0.604. The molecule has 0 fully saturated rings. The molecule has 0 radical (unpaired) electrons. The lowest BCUT2D eigenvalue weighted by Gasteiger charge is -2.11. The minimum absolute atomic E-state index is 0.162. The van der Waals surface area contributed by atoms with Gasteiger partial charge < -0.3 is 9.73 Å². The third-order valence-electron chi connectivity index (χ3n) is 3.18. The summed E-state index contributed by atoms with van der Waals surface area (Å²) in [5.74, 6) is 0. The average Bonchev–Trinajstić information content (AvgIpc) is 2.81. The average molecular weight is 252 g/mol. The Bertz CT molecular complexity index is 688. The Morgan fingerprint density at radius 3 is 2.68 bits per heavy atom. The van der Waals surface area contributed by atoms with E-state index in [1.807, 2.05) is 43.3 Å². The highest BCUT2D eigenvalue weighted by atomic mass is 16.4. The second-order valence-electron chi connectivity index (χ2n) is 4.77. The first kappa shape index (κ1) is 11.8. The molecule has 3 heteroatoms. The number of fused-ring (bicyclic) bond motifs is 1. The highest BCUT2D eigenvalue weighted by molar-refractivity contribution is 5.75. The molecule has 0 aliphatic rings. The number of nitrogens with one attached hydrogen (secondary N) is 1. The van der Waals surface area contributed by atoms with Gasteiger partial charge in [-0.1, -0.05) is 36.4 Å². The van der Waals surface area contributed by atoms with Crippen LogP contribution in [-0.2, 0) is 0 Å². The number of aromatic nitrogens is 1. The van der Waals surface area contributed by atoms with E-state index in [1.54, 1.807) is 0 Å². The molecule has 0 bridgehead atoms. The quantitative estimate of drug-likeness (QED) is 0.754. The number of oxazole rings is 1. The summed E-state index contributed by atoms with van der Waals surface area (Å²) in [5.41, 5.74) is 4.10. The van der Waals surface area contributed by atoms with Crippen LogP contribution in [0, 0.1) is 6.92 Å². The summed E-state index contributed by atoms with van der Waals surface area (Å²) in [7, 11) is 0. The molecule has 96 valence electrons. The molecule has 1 unspecified atom stereocenters. The number of hydrogen-bond donors (Lipinski definition) is 1. The third-order valence-corrected chi connectivity index (χ3v) is 3.18. The number of hydrogen-bond acceptors (Lipinski definition) is 3. The zero-order valence-corrected chi connectivity index (χ0v) is 11.1. The molecule has 0 aliphatic carbocycles. The second kappa shape index (κ2) is 4.76. The van der Waals surface area contributed by atoms with E-state index >= 15 is 0 Å². The van der Waals surface area contributed by atoms with Crippen molar-refractivity contribution < 1.29 is 4.42 Å². The van der Waals surface area contributed by atoms with E-state index in [0.717, 1.165) is 11.1 Å². The summed E-state index contributed by atoms with van der Waals surface area (Å²) in [4.78, 5) is 4.46. The zero-order chi connectivity index (χ0) is 13.2. The van der Waals surface area contributed by atoms with Gasteiger partial charge >= 0.3 is 0 Å². The molecule has 1 heterocycles. The Morgan fingerprint density at radius 2 is 1.89 bits per heavy atom. The topological polar surface area (TPSA) is 38.1 Å². The first-order chi connectivity index (χ1) is 9.22. The van der Waals surface area contributed by atoms with Crippen molar-refractivity contribution in [3.8, 4) is 0 Å². The first-order valence-corrected chi connectivity index (χ1v) is 6.41. The van der Waals surface area contributed by atoms with Gasteiger partial charge in [-0.25, -0.2) is 0 Å². The standard InChI is InChI=1S/C16H16N2O/c1-11-8-9-15-14(10-11)18-16(19-15)17-12(2)13-6-4-3-5-7-13/h3-10,12H,1-2H3,(H,17,18). The fourth-order valence-corrected chi connectivity index (χ4v) is 2.11. The van der Waals surface area contributed by atoms with Gasteiger partial charge in [0.05, 0.1) is 6.04 Å². The highest BCUT2D eigenvalue weighted by Gasteiger charge is 2.10. The third kappa shape index (κ3) is 2.45. The molecule has 0 amide bonds. The molecule has 1 aromatic heterocycles. The van der Waals surface area contributed by atoms with Crippen molar-refractivity contribution in [2.45, 2.75) is 19.9 Å². The van der Waals surface area contributed by atoms with Crippen LogP contribution in [0.15, 0.2) is 52.9 Å². The zero-order valence-electron chi connectivity index (χ0n) is 11.1. The number of anilines is 1. The first-order valence-electron chi connectivity index (χ1n) is 6.41. The SMILES string of the molecule is Cc1ccc2oc(NC(C)c3ccccc3)nc2c1. The van der Waals surface area contributed by atoms with Crippen molar-refractivity contribution in [1.82, 2.24) is 4.98 Å². The fraction of sp³-hybridized carbons (Fsp3) is 0.188. The van der Waals surface area contributed by atoms with Gasteiger partial charge in [0, 0.05) is 0 Å². The Labute approximate surface area is 112 Å². The number of rotatable bonds is 3. The van der Waals surface area contributed by atoms with Gasteiger partial charge in [-0.05, 0) is 37.1 Å². The largest absolute Gasteiger partial charge is 0.424 e. The van der Waals surface area contributed by atoms with Gasteiger partial charge in [-0.2, -0.15) is 4.98 Å². The van der Waals surface area contributed by atoms with Crippen molar-refractivity contribution in [2.75, 3.05) is 5.32 Å². The number of benzene rings is 2. The molecule has 3 rings (SSSR count). The summed E-state index contributed by atoms with van der Waals surface area (Å²) in [6, 6.07) is 17.0. The minimum Gasteiger partial charge on any atom is -0.424 e. The molecule has 0 spiro atoms. The number of nitrogens with zero attached hydrogens (tertiary/aromatic N) is 1. The predicted octanol–water partition coefficient (Wildman–Crippen LogP) is 4.31. The molecule has 19 heavy (non-hydrogen) atoms. The van der Waals surface area contributed by atoms with Crippen molar-refractivity contribution in [3.63, 3.8) is 0 Å². The molecule has 3 aromatic rings. The number of aryl methyl sites for hydroxylation is 1. The van der Waals surface area contributed by atoms with Gasteiger partial charge in [0.1, 0.15) is 5.52 Å². The maximum absolute atomic E-state index is 5.69. The van der Waals surface area contributed by atoms with Crippen LogP contribution in [-0.4, -0.2) is 4.98 Å². The Kier molecular flexibility index (Phi) is 2.95. The van der Waals surface area contributed by atoms with Crippen LogP contribution in [0.5, 0.6) is 0 Å². The molecule has 2 aromatic carbocycles. The van der Waals surface area contributed by atoms with Gasteiger partial charge in [0.15, 0.2) is 5.58 Å². The molecule has 1 atom stereocenters. The van der Waals surface area contributed by atoms with Gasteiger partial charge in [0.2, 0.25) is 0 Å². The minimum atomic E-state index is 0.162. The van der Waals surface area contributed by atoms with Crippen LogP contribution >= 0.6 is 0 Å². The molecule has 0 aliphatic heterocycles. The second-order valence-corrected chi connectivity index (χ2v) is 4.77. The van der Waals surface area contributed by atoms with Gasteiger partial charge in [-0.3, -0.25) is 0 Å². The summed E-state index contributed by atoms with van der Waals surface area (Å²) >= 11 is 0. The van der Waals surface area contributed by atoms with Crippen molar-refractivity contribution in [3.05, 3.63) is 59.7 Å². The smallest absolute Gasteiger partial charge is 0.296 e. The Morgan fingerprint density at radius 1 is 1.11 bits per heavy atom. The molecule has 3 nitrogen and oxygen atoms in total. The van der Waals surface area contributed by atoms with E-state index in [0.29, 0.717) is 6.01 Å². The van der Waals surface area contributed by atoms with E-state index < -0.39 is 0 Å². The van der Waals surface area contributed by atoms with Crippen molar-refractivity contribution in [1.29, 1.82) is 0 Å². The summed E-state index contributed by atoms with van der Waals surface area (Å²) in [6.07, 6.45) is 0. The van der Waals surface area contributed by atoms with Gasteiger partial charge in [-0.15, -0.1) is 0 Å². The van der Waals surface area contributed by atoms with Crippen LogP contribution in [0.25, 0.3) is 11.1 Å². The summed E-state index contributed by atoms with van der Waals surface area (Å²) in [6.45, 7) is 4.14. The fourth-order valence-electron chi connectivity index (χ4n) is 2.11. The molecule has 0 saturated carbocycles. The van der Waals surface area contributed by atoms with Crippen LogP contribution in [0.3, 0.4) is 0 Å². The van der Waals surface area contributed by atoms with E-state index in [2.05, 4.69) is 29.4 Å². The van der Waals surface area contributed by atoms with Crippen LogP contribution in [0.2, 0.25) is 0 Å². The van der Waals surface area contributed by atoms with E-state index in [-0.39, 0.29) is 6.04 Å². The lowest BCUT2D eigenvalue weighted by atomic mass is 10.1. The summed E-state index contributed by atoms with van der Waals surface area (Å²) in [5, 5.41) is 3.29. The molecule has 1 N–H and O–H groups in total. The monoisotopic (exact) mass is 252 g/mol. The van der Waals surface area contributed by atoms with E-state index in [1.165, 1.54) is 11.1 Å². The van der Waals surface area contributed by atoms with Crippen LogP contribution < -0.4 is 5.32 Å². The van der Waals surface area contributed by atoms with Crippen molar-refractivity contribution >= 4 is 17.1 Å². The van der Waals surface area contributed by atoms with Gasteiger partial charge in [0.25, 0.3) is 6.01 Å². The maximum atomic E-state index is 5.69. The molecular formula is C16H16N2O. The van der Waals surface area contributed by atoms with Crippen molar-refractivity contribution in [2.24, 2.45) is 0 Å². The Balaban J connectivity index is 1.85. The summed E-state index contributed by atoms with van der Waals surface area (Å²) < 4.78 is 5.69. The predicted molar refractivity (Wildman–Crippen MR) is 77.2 cm³/mol. The van der Waals surface area contributed by atoms with Crippen LogP contribution in [0.1, 0.15) is 24.1 Å². The Hall–Kier alpha value is -2.29. The highest BCUT2D eigenvalue weighted by Crippen LogP contribution is 2.23. The van der Waals surface area contributed by atoms with Crippen LogP contribution in [0.4, 0.5) is 6.01 Å². The van der Waals surface area contributed by atoms with E-state index in [4.69, 9.17) is 4.42 Å². The molecular weight excluding hydrogens is 236 g/mol. The van der Waals surface area contributed by atoms with E-state index in [9.17, 15) is 0 Å². The molecule has 0 saturated heterocycles. The maximum Gasteiger partial charge on any atom is 0.296 e. The lowest BCUT2D eigenvalue weighted by Crippen LogP contribution is -2.06. The normalized spacial score (nSPS) is 12.5.